The Bertz CT molecular complexity index is 447. The Hall–Kier alpha value is -1.45. The van der Waals surface area contributed by atoms with Gasteiger partial charge in [0.25, 0.3) is 0 Å². The van der Waals surface area contributed by atoms with E-state index in [9.17, 15) is 13.6 Å². The van der Waals surface area contributed by atoms with Gasteiger partial charge in [-0.15, -0.1) is 0 Å². The number of anilines is 1. The fourth-order valence-electron chi connectivity index (χ4n) is 2.25. The van der Waals surface area contributed by atoms with Crippen molar-refractivity contribution in [2.75, 3.05) is 11.4 Å². The Balaban J connectivity index is 2.31. The molecule has 17 heavy (non-hydrogen) atoms. The molecule has 1 aliphatic rings. The largest absolute Gasteiger partial charge is 0.365 e. The summed E-state index contributed by atoms with van der Waals surface area (Å²) in [5.41, 5.74) is 0.373. The molecule has 2 nitrogen and oxygen atoms in total. The molecule has 2 unspecified atom stereocenters. The van der Waals surface area contributed by atoms with Gasteiger partial charge in [0.2, 0.25) is 0 Å². The molecule has 1 saturated heterocycles. The van der Waals surface area contributed by atoms with Crippen molar-refractivity contribution >= 4 is 11.5 Å². The second-order valence-corrected chi connectivity index (χ2v) is 4.53. The summed E-state index contributed by atoms with van der Waals surface area (Å²) in [5.74, 6) is -1.07. The standard InChI is InChI=1S/C13H15F2NO/c1-8-9(2)16(6-5-13(8)17)12-4-3-10(14)7-11(12)15/h3-4,7-9H,5-6H2,1-2H3. The van der Waals surface area contributed by atoms with E-state index in [-0.39, 0.29) is 17.7 Å². The molecular weight excluding hydrogens is 224 g/mol. The fraction of sp³-hybridized carbons (Fsp3) is 0.462. The van der Waals surface area contributed by atoms with Crippen LogP contribution < -0.4 is 4.90 Å². The average molecular weight is 239 g/mol. The molecule has 1 aromatic carbocycles. The molecule has 2 rings (SSSR count). The number of piperidine rings is 1. The first-order valence-electron chi connectivity index (χ1n) is 5.75. The fourth-order valence-corrected chi connectivity index (χ4v) is 2.25. The average Bonchev–Trinajstić information content (AvgIpc) is 2.28. The monoisotopic (exact) mass is 239 g/mol. The zero-order valence-electron chi connectivity index (χ0n) is 9.91. The minimum Gasteiger partial charge on any atom is -0.365 e. The van der Waals surface area contributed by atoms with Crippen LogP contribution in [-0.4, -0.2) is 18.4 Å². The smallest absolute Gasteiger partial charge is 0.149 e. The van der Waals surface area contributed by atoms with E-state index in [1.165, 1.54) is 12.1 Å². The number of nitrogens with zero attached hydrogens (tertiary/aromatic N) is 1. The van der Waals surface area contributed by atoms with Gasteiger partial charge < -0.3 is 4.90 Å². The van der Waals surface area contributed by atoms with E-state index in [2.05, 4.69) is 0 Å². The topological polar surface area (TPSA) is 20.3 Å². The van der Waals surface area contributed by atoms with Gasteiger partial charge in [0.15, 0.2) is 0 Å². The summed E-state index contributed by atoms with van der Waals surface area (Å²) in [4.78, 5) is 13.4. The lowest BCUT2D eigenvalue weighted by Gasteiger charge is -2.38. The maximum atomic E-state index is 13.7. The summed E-state index contributed by atoms with van der Waals surface area (Å²) >= 11 is 0. The zero-order chi connectivity index (χ0) is 12.6. The van der Waals surface area contributed by atoms with Gasteiger partial charge in [0.05, 0.1) is 5.69 Å². The summed E-state index contributed by atoms with van der Waals surface area (Å²) in [6.07, 6.45) is 0.419. The minimum absolute atomic E-state index is 0.0591. The highest BCUT2D eigenvalue weighted by Crippen LogP contribution is 2.28. The molecule has 0 saturated carbocycles. The van der Waals surface area contributed by atoms with Gasteiger partial charge in [-0.25, -0.2) is 8.78 Å². The molecule has 1 fully saturated rings. The van der Waals surface area contributed by atoms with Gasteiger partial charge in [-0.05, 0) is 19.1 Å². The van der Waals surface area contributed by atoms with Gasteiger partial charge >= 0.3 is 0 Å². The maximum absolute atomic E-state index is 13.7. The highest BCUT2D eigenvalue weighted by atomic mass is 19.1. The lowest BCUT2D eigenvalue weighted by atomic mass is 9.90. The molecule has 0 bridgehead atoms. The van der Waals surface area contributed by atoms with E-state index in [1.807, 2.05) is 18.7 Å². The number of rotatable bonds is 1. The highest BCUT2D eigenvalue weighted by molar-refractivity contribution is 5.84. The molecule has 0 aromatic heterocycles. The van der Waals surface area contributed by atoms with Crippen molar-refractivity contribution in [3.63, 3.8) is 0 Å². The van der Waals surface area contributed by atoms with Crippen molar-refractivity contribution in [3.8, 4) is 0 Å². The lowest BCUT2D eigenvalue weighted by molar-refractivity contribution is -0.123. The van der Waals surface area contributed by atoms with Gasteiger partial charge in [0, 0.05) is 31.0 Å². The predicted molar refractivity (Wildman–Crippen MR) is 62.0 cm³/mol. The van der Waals surface area contributed by atoms with Crippen LogP contribution in [0.3, 0.4) is 0 Å². The van der Waals surface area contributed by atoms with Crippen molar-refractivity contribution in [1.82, 2.24) is 0 Å². The number of hydrogen-bond donors (Lipinski definition) is 0. The molecule has 0 spiro atoms. The second-order valence-electron chi connectivity index (χ2n) is 4.53. The highest BCUT2D eigenvalue weighted by Gasteiger charge is 2.31. The number of ketones is 1. The summed E-state index contributed by atoms with van der Waals surface area (Å²) in [5, 5.41) is 0. The Morgan fingerprint density at radius 2 is 2.00 bits per heavy atom. The molecule has 0 N–H and O–H groups in total. The number of Topliss-reactive ketones (excluding diaryl/α,β-unsaturated/α-hetero) is 1. The number of hydrogen-bond acceptors (Lipinski definition) is 2. The SMILES string of the molecule is CC1C(=O)CCN(c2ccc(F)cc2F)C1C. The first kappa shape index (κ1) is 12.0. The van der Waals surface area contributed by atoms with Crippen LogP contribution in [0, 0.1) is 17.6 Å². The number of carbonyl (C=O) groups excluding carboxylic acids is 1. The molecule has 1 aliphatic heterocycles. The van der Waals surface area contributed by atoms with E-state index < -0.39 is 11.6 Å². The van der Waals surface area contributed by atoms with Crippen LogP contribution in [0.4, 0.5) is 14.5 Å². The Labute approximate surface area is 99.2 Å². The zero-order valence-corrected chi connectivity index (χ0v) is 9.91. The van der Waals surface area contributed by atoms with Crippen molar-refractivity contribution in [3.05, 3.63) is 29.8 Å². The van der Waals surface area contributed by atoms with E-state index in [1.54, 1.807) is 0 Å². The van der Waals surface area contributed by atoms with Crippen LogP contribution in [0.25, 0.3) is 0 Å². The number of benzene rings is 1. The van der Waals surface area contributed by atoms with Crippen molar-refractivity contribution in [1.29, 1.82) is 0 Å². The predicted octanol–water partition coefficient (Wildman–Crippen LogP) is 2.77. The third-order valence-corrected chi connectivity index (χ3v) is 3.54. The Kier molecular flexibility index (Phi) is 3.13. The molecule has 1 aromatic rings. The van der Waals surface area contributed by atoms with Crippen LogP contribution in [0.15, 0.2) is 18.2 Å². The van der Waals surface area contributed by atoms with Gasteiger partial charge in [-0.2, -0.15) is 0 Å². The molecule has 0 aliphatic carbocycles. The van der Waals surface area contributed by atoms with Crippen molar-refractivity contribution in [2.45, 2.75) is 26.3 Å². The Morgan fingerprint density at radius 1 is 1.29 bits per heavy atom. The van der Waals surface area contributed by atoms with E-state index in [4.69, 9.17) is 0 Å². The molecule has 0 radical (unpaired) electrons. The van der Waals surface area contributed by atoms with Crippen LogP contribution in [0.1, 0.15) is 20.3 Å². The molecule has 4 heteroatoms. The van der Waals surface area contributed by atoms with E-state index in [0.29, 0.717) is 18.7 Å². The van der Waals surface area contributed by atoms with Gasteiger partial charge in [0.1, 0.15) is 17.4 Å². The normalized spacial score (nSPS) is 25.2. The molecular formula is C13H15F2NO. The number of carbonyl (C=O) groups is 1. The molecule has 1 heterocycles. The Morgan fingerprint density at radius 3 is 2.65 bits per heavy atom. The molecule has 2 atom stereocenters. The van der Waals surface area contributed by atoms with Crippen LogP contribution in [0.5, 0.6) is 0 Å². The first-order valence-corrected chi connectivity index (χ1v) is 5.75. The summed E-state index contributed by atoms with van der Waals surface area (Å²) < 4.78 is 26.5. The van der Waals surface area contributed by atoms with Crippen molar-refractivity contribution < 1.29 is 13.6 Å². The van der Waals surface area contributed by atoms with Gasteiger partial charge in [-0.1, -0.05) is 6.92 Å². The summed E-state index contributed by atoms with van der Waals surface area (Å²) in [6, 6.07) is 3.50. The third kappa shape index (κ3) is 2.16. The van der Waals surface area contributed by atoms with E-state index in [0.717, 1.165) is 6.07 Å². The molecule has 0 amide bonds. The first-order chi connectivity index (χ1) is 8.00. The maximum Gasteiger partial charge on any atom is 0.149 e. The summed E-state index contributed by atoms with van der Waals surface area (Å²) in [7, 11) is 0. The quantitative estimate of drug-likeness (QED) is 0.751. The van der Waals surface area contributed by atoms with Crippen molar-refractivity contribution in [2.24, 2.45) is 5.92 Å². The lowest BCUT2D eigenvalue weighted by Crippen LogP contribution is -2.47. The van der Waals surface area contributed by atoms with Crippen LogP contribution in [-0.2, 0) is 4.79 Å². The van der Waals surface area contributed by atoms with Crippen LogP contribution in [0.2, 0.25) is 0 Å². The second kappa shape index (κ2) is 4.43. The minimum atomic E-state index is -0.583. The summed E-state index contributed by atoms with van der Waals surface area (Å²) in [6.45, 7) is 4.23. The molecule has 92 valence electrons. The third-order valence-electron chi connectivity index (χ3n) is 3.54. The number of halogens is 2. The van der Waals surface area contributed by atoms with Crippen LogP contribution >= 0.6 is 0 Å². The van der Waals surface area contributed by atoms with E-state index >= 15 is 0 Å². The van der Waals surface area contributed by atoms with Gasteiger partial charge in [-0.3, -0.25) is 4.79 Å².